The highest BCUT2D eigenvalue weighted by Crippen LogP contribution is 2.66. The van der Waals surface area contributed by atoms with Gasteiger partial charge in [-0.15, -0.1) is 0 Å². The Morgan fingerprint density at radius 1 is 1.11 bits per heavy atom. The number of benzene rings is 1. The Morgan fingerprint density at radius 3 is 2.32 bits per heavy atom. The molecule has 0 aromatic heterocycles. The normalized spacial score (nSPS) is 39.2. The molecule has 0 radical (unpaired) electrons. The number of hydrogen-bond acceptors (Lipinski definition) is 3. The number of carbonyl (C=O) groups excluding carboxylic acids is 1. The fraction of sp³-hybridized carbons (Fsp3) is 0.696. The lowest BCUT2D eigenvalue weighted by Crippen LogP contribution is -2.64. The Bertz CT molecular complexity index is 742. The molecule has 2 unspecified atom stereocenters. The number of nitrogens with zero attached hydrogens (tertiary/aromatic N) is 1. The first-order chi connectivity index (χ1) is 13.5. The van der Waals surface area contributed by atoms with Crippen molar-refractivity contribution in [2.45, 2.75) is 55.6 Å². The number of hydrogen-bond donors (Lipinski definition) is 0. The van der Waals surface area contributed by atoms with Gasteiger partial charge in [-0.2, -0.15) is 0 Å². The van der Waals surface area contributed by atoms with Crippen molar-refractivity contribution in [1.82, 2.24) is 4.90 Å². The van der Waals surface area contributed by atoms with Gasteiger partial charge < -0.3 is 14.4 Å². The van der Waals surface area contributed by atoms with Crippen LogP contribution in [0.5, 0.6) is 0 Å². The number of likely N-dealkylation sites (tertiary alicyclic amines) is 1. The standard InChI is InChI=1S/C23H30FNO3/c1-27-20-13-25(14-20)21(26)12-23(16-3-5-19(24)6-4-16)17-7-15-8-18(23)11-22(9-15,10-17)28-2/h3-6,15,17-18,20H,7-14H2,1-2H3. The minimum absolute atomic E-state index is 0.0129. The van der Waals surface area contributed by atoms with Gasteiger partial charge in [0.1, 0.15) is 5.82 Å². The first kappa shape index (κ1) is 18.6. The molecule has 5 heteroatoms. The van der Waals surface area contributed by atoms with Gasteiger partial charge >= 0.3 is 0 Å². The molecule has 1 heterocycles. The predicted octanol–water partition coefficient (Wildman–Crippen LogP) is 3.54. The second kappa shape index (κ2) is 6.53. The van der Waals surface area contributed by atoms with Crippen molar-refractivity contribution >= 4 is 5.91 Å². The maximum Gasteiger partial charge on any atom is 0.223 e. The highest BCUT2D eigenvalue weighted by Gasteiger charge is 2.63. The number of ether oxygens (including phenoxy) is 2. The van der Waals surface area contributed by atoms with Crippen molar-refractivity contribution in [2.75, 3.05) is 27.3 Å². The Hall–Kier alpha value is -1.46. The van der Waals surface area contributed by atoms with Gasteiger partial charge in [-0.1, -0.05) is 12.1 Å². The Labute approximate surface area is 166 Å². The van der Waals surface area contributed by atoms with Crippen LogP contribution in [0.4, 0.5) is 4.39 Å². The van der Waals surface area contributed by atoms with Gasteiger partial charge in [-0.05, 0) is 67.6 Å². The maximum atomic E-state index is 13.7. The highest BCUT2D eigenvalue weighted by atomic mass is 19.1. The zero-order chi connectivity index (χ0) is 19.5. The average Bonchev–Trinajstić information content (AvgIpc) is 2.64. The van der Waals surface area contributed by atoms with E-state index in [-0.39, 0.29) is 28.8 Å². The minimum Gasteiger partial charge on any atom is -0.378 e. The van der Waals surface area contributed by atoms with Gasteiger partial charge in [0.25, 0.3) is 0 Å². The summed E-state index contributed by atoms with van der Waals surface area (Å²) in [5.41, 5.74) is 0.939. The smallest absolute Gasteiger partial charge is 0.223 e. The molecule has 152 valence electrons. The van der Waals surface area contributed by atoms with E-state index < -0.39 is 0 Å². The minimum atomic E-state index is -0.215. The van der Waals surface area contributed by atoms with Crippen LogP contribution in [0.2, 0.25) is 0 Å². The summed E-state index contributed by atoms with van der Waals surface area (Å²) >= 11 is 0. The fourth-order valence-corrected chi connectivity index (χ4v) is 7.05. The molecule has 4 bridgehead atoms. The summed E-state index contributed by atoms with van der Waals surface area (Å²) in [7, 11) is 3.55. The molecule has 1 aliphatic heterocycles. The molecule has 0 spiro atoms. The average molecular weight is 387 g/mol. The van der Waals surface area contributed by atoms with Gasteiger partial charge in [0.05, 0.1) is 11.7 Å². The van der Waals surface area contributed by atoms with Crippen molar-refractivity contribution in [3.8, 4) is 0 Å². The zero-order valence-electron chi connectivity index (χ0n) is 16.8. The topological polar surface area (TPSA) is 38.8 Å². The van der Waals surface area contributed by atoms with Gasteiger partial charge in [0.15, 0.2) is 0 Å². The second-order valence-electron chi connectivity index (χ2n) is 9.61. The summed E-state index contributed by atoms with van der Waals surface area (Å²) in [6, 6.07) is 6.98. The third-order valence-electron chi connectivity index (χ3n) is 8.38. The van der Waals surface area contributed by atoms with E-state index in [0.29, 0.717) is 37.3 Å². The van der Waals surface area contributed by atoms with Crippen LogP contribution in [-0.2, 0) is 19.7 Å². The van der Waals surface area contributed by atoms with E-state index >= 15 is 0 Å². The van der Waals surface area contributed by atoms with E-state index in [2.05, 4.69) is 0 Å². The van der Waals surface area contributed by atoms with E-state index in [4.69, 9.17) is 9.47 Å². The van der Waals surface area contributed by atoms with Crippen LogP contribution in [0.3, 0.4) is 0 Å². The van der Waals surface area contributed by atoms with Crippen molar-refractivity contribution in [3.05, 3.63) is 35.6 Å². The van der Waals surface area contributed by atoms with Crippen molar-refractivity contribution in [3.63, 3.8) is 0 Å². The molecule has 1 aromatic rings. The molecular formula is C23H30FNO3. The van der Waals surface area contributed by atoms with Crippen molar-refractivity contribution < 1.29 is 18.7 Å². The van der Waals surface area contributed by atoms with Crippen LogP contribution >= 0.6 is 0 Å². The SMILES string of the molecule is COC1CN(C(=O)CC2(c3ccc(F)cc3)C3CC4CC2CC(OC)(C4)C3)C1. The molecule has 28 heavy (non-hydrogen) atoms. The fourth-order valence-electron chi connectivity index (χ4n) is 7.05. The predicted molar refractivity (Wildman–Crippen MR) is 103 cm³/mol. The molecule has 2 atom stereocenters. The molecule has 4 aliphatic carbocycles. The van der Waals surface area contributed by atoms with Crippen LogP contribution in [0.15, 0.2) is 24.3 Å². The molecule has 5 aliphatic rings. The Kier molecular flexibility index (Phi) is 4.33. The third kappa shape index (κ3) is 2.66. The van der Waals surface area contributed by atoms with E-state index in [1.54, 1.807) is 19.2 Å². The van der Waals surface area contributed by atoms with Crippen LogP contribution < -0.4 is 0 Å². The lowest BCUT2D eigenvalue weighted by atomic mass is 9.41. The quantitative estimate of drug-likeness (QED) is 0.776. The third-order valence-corrected chi connectivity index (χ3v) is 8.38. The number of amides is 1. The van der Waals surface area contributed by atoms with Gasteiger partial charge in [-0.3, -0.25) is 4.79 Å². The van der Waals surface area contributed by atoms with Gasteiger partial charge in [-0.25, -0.2) is 4.39 Å². The summed E-state index contributed by atoms with van der Waals surface area (Å²) in [4.78, 5) is 15.2. The summed E-state index contributed by atoms with van der Waals surface area (Å²) < 4.78 is 25.1. The van der Waals surface area contributed by atoms with Crippen LogP contribution in [0.1, 0.15) is 44.1 Å². The number of rotatable bonds is 5. The molecule has 4 saturated carbocycles. The Balaban J connectivity index is 1.50. The molecule has 5 fully saturated rings. The van der Waals surface area contributed by atoms with Gasteiger partial charge in [0, 0.05) is 39.1 Å². The molecule has 4 nitrogen and oxygen atoms in total. The summed E-state index contributed by atoms with van der Waals surface area (Å²) in [6.45, 7) is 1.38. The molecule has 1 saturated heterocycles. The number of methoxy groups -OCH3 is 2. The molecule has 6 rings (SSSR count). The first-order valence-corrected chi connectivity index (χ1v) is 10.6. The lowest BCUT2D eigenvalue weighted by Gasteiger charge is -2.65. The molecule has 1 aromatic carbocycles. The number of halogens is 1. The van der Waals surface area contributed by atoms with E-state index in [0.717, 1.165) is 37.7 Å². The van der Waals surface area contributed by atoms with E-state index in [9.17, 15) is 9.18 Å². The summed E-state index contributed by atoms with van der Waals surface area (Å²) in [5, 5.41) is 0. The highest BCUT2D eigenvalue weighted by molar-refractivity contribution is 5.79. The largest absolute Gasteiger partial charge is 0.378 e. The van der Waals surface area contributed by atoms with E-state index in [1.165, 1.54) is 0 Å². The Morgan fingerprint density at radius 2 is 1.75 bits per heavy atom. The van der Waals surface area contributed by atoms with Crippen LogP contribution in [-0.4, -0.2) is 49.8 Å². The monoisotopic (exact) mass is 387 g/mol. The van der Waals surface area contributed by atoms with Crippen LogP contribution in [0.25, 0.3) is 0 Å². The van der Waals surface area contributed by atoms with Crippen molar-refractivity contribution in [1.29, 1.82) is 0 Å². The number of carbonyl (C=O) groups is 1. The summed E-state index contributed by atoms with van der Waals surface area (Å²) in [5.74, 6) is 1.55. The zero-order valence-corrected chi connectivity index (χ0v) is 16.8. The second-order valence-corrected chi connectivity index (χ2v) is 9.61. The summed E-state index contributed by atoms with van der Waals surface area (Å²) in [6.07, 6.45) is 6.20. The molecule has 1 amide bonds. The van der Waals surface area contributed by atoms with Crippen LogP contribution in [0, 0.1) is 23.6 Å². The molecular weight excluding hydrogens is 357 g/mol. The van der Waals surface area contributed by atoms with E-state index in [1.807, 2.05) is 24.1 Å². The lowest BCUT2D eigenvalue weighted by molar-refractivity contribution is -0.186. The van der Waals surface area contributed by atoms with Crippen molar-refractivity contribution in [2.24, 2.45) is 17.8 Å². The first-order valence-electron chi connectivity index (χ1n) is 10.6. The van der Waals surface area contributed by atoms with Gasteiger partial charge in [0.2, 0.25) is 5.91 Å². The maximum absolute atomic E-state index is 13.7. The molecule has 0 N–H and O–H groups in total.